The first-order valence-corrected chi connectivity index (χ1v) is 8.41. The molecule has 1 aliphatic heterocycles. The Morgan fingerprint density at radius 1 is 1.11 bits per heavy atom. The van der Waals surface area contributed by atoms with Crippen LogP contribution in [0.4, 0.5) is 13.2 Å². The minimum atomic E-state index is -1.48. The van der Waals surface area contributed by atoms with E-state index in [9.17, 15) is 18.0 Å². The quantitative estimate of drug-likeness (QED) is 0.719. The number of aromatic nitrogens is 3. The molecule has 2 aromatic heterocycles. The number of nitrogens with zero attached hydrogens (tertiary/aromatic N) is 3. The predicted octanol–water partition coefficient (Wildman–Crippen LogP) is 2.81. The summed E-state index contributed by atoms with van der Waals surface area (Å²) in [7, 11) is 0. The number of rotatable bonds is 3. The molecule has 8 heteroatoms. The molecule has 1 N–H and O–H groups in total. The minimum Gasteiger partial charge on any atom is -0.305 e. The molecule has 0 amide bonds. The molecule has 4 rings (SSSR count). The fourth-order valence-corrected chi connectivity index (χ4v) is 3.18. The molecule has 0 radical (unpaired) electrons. The second kappa shape index (κ2) is 6.96. The first-order valence-electron chi connectivity index (χ1n) is 8.41. The summed E-state index contributed by atoms with van der Waals surface area (Å²) in [5.41, 5.74) is 1.54. The van der Waals surface area contributed by atoms with E-state index in [4.69, 9.17) is 0 Å². The van der Waals surface area contributed by atoms with Crippen molar-refractivity contribution < 1.29 is 13.2 Å². The second-order valence-electron chi connectivity index (χ2n) is 6.35. The summed E-state index contributed by atoms with van der Waals surface area (Å²) in [6, 6.07) is 7.43. The molecule has 3 aromatic rings. The Morgan fingerprint density at radius 2 is 1.96 bits per heavy atom. The van der Waals surface area contributed by atoms with Crippen LogP contribution in [0.25, 0.3) is 11.5 Å². The molecule has 0 spiro atoms. The van der Waals surface area contributed by atoms with Gasteiger partial charge in [0.1, 0.15) is 5.69 Å². The topological polar surface area (TPSA) is 61.9 Å². The largest absolute Gasteiger partial charge is 0.305 e. The highest BCUT2D eigenvalue weighted by Crippen LogP contribution is 2.21. The van der Waals surface area contributed by atoms with E-state index in [0.29, 0.717) is 42.3 Å². The summed E-state index contributed by atoms with van der Waals surface area (Å²) in [6.45, 7) is 0.881. The molecule has 138 valence electrons. The molecule has 0 aliphatic carbocycles. The van der Waals surface area contributed by atoms with E-state index in [-0.39, 0.29) is 17.7 Å². The fraction of sp³-hybridized carbons (Fsp3) is 0.211. The first kappa shape index (κ1) is 17.4. The van der Waals surface area contributed by atoms with Gasteiger partial charge in [-0.2, -0.15) is 0 Å². The third-order valence-corrected chi connectivity index (χ3v) is 4.57. The Bertz CT molecular complexity index is 1050. The molecule has 1 aromatic carbocycles. The Labute approximate surface area is 152 Å². The zero-order chi connectivity index (χ0) is 19.0. The SMILES string of the molecule is O=c1[nH]c(-c2ccccn2)nc2c1CCN(Cc1ccc(F)c(F)c1F)C2. The van der Waals surface area contributed by atoms with E-state index >= 15 is 0 Å². The van der Waals surface area contributed by atoms with E-state index in [1.165, 1.54) is 6.07 Å². The maximum Gasteiger partial charge on any atom is 0.254 e. The molecule has 0 atom stereocenters. The summed E-state index contributed by atoms with van der Waals surface area (Å²) in [5.74, 6) is -3.51. The number of benzene rings is 1. The van der Waals surface area contributed by atoms with Gasteiger partial charge in [-0.25, -0.2) is 18.2 Å². The Hall–Kier alpha value is -3.00. The van der Waals surface area contributed by atoms with Crippen LogP contribution in [0.3, 0.4) is 0 Å². The van der Waals surface area contributed by atoms with Crippen molar-refractivity contribution in [2.75, 3.05) is 6.54 Å². The molecule has 0 saturated heterocycles. The van der Waals surface area contributed by atoms with Gasteiger partial charge in [0.2, 0.25) is 0 Å². The van der Waals surface area contributed by atoms with Crippen molar-refractivity contribution in [1.82, 2.24) is 19.9 Å². The van der Waals surface area contributed by atoms with Crippen molar-refractivity contribution in [2.45, 2.75) is 19.5 Å². The smallest absolute Gasteiger partial charge is 0.254 e. The van der Waals surface area contributed by atoms with Crippen molar-refractivity contribution >= 4 is 0 Å². The number of hydrogen-bond donors (Lipinski definition) is 1. The third kappa shape index (κ3) is 3.35. The van der Waals surface area contributed by atoms with Gasteiger partial charge in [-0.05, 0) is 24.6 Å². The molecule has 0 unspecified atom stereocenters. The lowest BCUT2D eigenvalue weighted by Crippen LogP contribution is -2.35. The molecule has 0 bridgehead atoms. The lowest BCUT2D eigenvalue weighted by molar-refractivity contribution is 0.236. The van der Waals surface area contributed by atoms with Crippen LogP contribution < -0.4 is 5.56 Å². The van der Waals surface area contributed by atoms with Gasteiger partial charge in [0.25, 0.3) is 5.56 Å². The third-order valence-electron chi connectivity index (χ3n) is 4.57. The van der Waals surface area contributed by atoms with Crippen molar-refractivity contribution in [1.29, 1.82) is 0 Å². The monoisotopic (exact) mass is 372 g/mol. The number of halogens is 3. The number of fused-ring (bicyclic) bond motifs is 1. The van der Waals surface area contributed by atoms with Crippen LogP contribution in [-0.2, 0) is 19.5 Å². The number of aromatic amines is 1. The number of hydrogen-bond acceptors (Lipinski definition) is 4. The van der Waals surface area contributed by atoms with Crippen molar-refractivity contribution in [3.63, 3.8) is 0 Å². The van der Waals surface area contributed by atoms with Gasteiger partial charge < -0.3 is 4.98 Å². The first-order chi connectivity index (χ1) is 13.0. The van der Waals surface area contributed by atoms with Crippen LogP contribution >= 0.6 is 0 Å². The van der Waals surface area contributed by atoms with Crippen LogP contribution in [0.1, 0.15) is 16.8 Å². The highest BCUT2D eigenvalue weighted by atomic mass is 19.2. The molecule has 27 heavy (non-hydrogen) atoms. The molecular weight excluding hydrogens is 357 g/mol. The number of H-pyrrole nitrogens is 1. The summed E-state index contributed by atoms with van der Waals surface area (Å²) in [6.07, 6.45) is 2.04. The minimum absolute atomic E-state index is 0.0622. The molecular formula is C19H15F3N4O. The summed E-state index contributed by atoms with van der Waals surface area (Å²) >= 11 is 0. The van der Waals surface area contributed by atoms with Crippen LogP contribution in [-0.4, -0.2) is 26.4 Å². The Kier molecular flexibility index (Phi) is 4.49. The summed E-state index contributed by atoms with van der Waals surface area (Å²) in [4.78, 5) is 25.6. The van der Waals surface area contributed by atoms with Gasteiger partial charge in [-0.1, -0.05) is 12.1 Å². The molecule has 3 heterocycles. The summed E-state index contributed by atoms with van der Waals surface area (Å²) < 4.78 is 40.5. The average Bonchev–Trinajstić information content (AvgIpc) is 2.69. The van der Waals surface area contributed by atoms with E-state index in [1.54, 1.807) is 24.4 Å². The van der Waals surface area contributed by atoms with Gasteiger partial charge in [-0.3, -0.25) is 14.7 Å². The maximum absolute atomic E-state index is 13.9. The van der Waals surface area contributed by atoms with Crippen molar-refractivity contribution in [2.24, 2.45) is 0 Å². The van der Waals surface area contributed by atoms with Gasteiger partial charge >= 0.3 is 0 Å². The zero-order valence-corrected chi connectivity index (χ0v) is 14.2. The average molecular weight is 372 g/mol. The van der Waals surface area contributed by atoms with Gasteiger partial charge in [0.05, 0.1) is 5.69 Å². The lowest BCUT2D eigenvalue weighted by atomic mass is 10.0. The van der Waals surface area contributed by atoms with Crippen LogP contribution in [0, 0.1) is 17.5 Å². The second-order valence-corrected chi connectivity index (χ2v) is 6.35. The molecule has 0 fully saturated rings. The standard InChI is InChI=1S/C19H15F3N4O/c20-13-5-4-11(16(21)17(13)22)9-26-8-6-12-15(10-26)24-18(25-19(12)27)14-3-1-2-7-23-14/h1-5,7H,6,8-10H2,(H,24,25,27). The van der Waals surface area contributed by atoms with Crippen LogP contribution in [0.15, 0.2) is 41.3 Å². The molecule has 1 aliphatic rings. The Balaban J connectivity index is 1.62. The zero-order valence-electron chi connectivity index (χ0n) is 14.2. The van der Waals surface area contributed by atoms with Gasteiger partial charge in [-0.15, -0.1) is 0 Å². The van der Waals surface area contributed by atoms with E-state index in [0.717, 1.165) is 6.07 Å². The van der Waals surface area contributed by atoms with E-state index < -0.39 is 17.5 Å². The maximum atomic E-state index is 13.9. The highest BCUT2D eigenvalue weighted by Gasteiger charge is 2.23. The number of nitrogens with one attached hydrogen (secondary N) is 1. The molecule has 0 saturated carbocycles. The number of pyridine rings is 1. The van der Waals surface area contributed by atoms with E-state index in [2.05, 4.69) is 15.0 Å². The summed E-state index contributed by atoms with van der Waals surface area (Å²) in [5, 5.41) is 0. The van der Waals surface area contributed by atoms with Crippen LogP contribution in [0.2, 0.25) is 0 Å². The normalized spacial score (nSPS) is 14.2. The van der Waals surface area contributed by atoms with Crippen molar-refractivity contribution in [3.8, 4) is 11.5 Å². The highest BCUT2D eigenvalue weighted by molar-refractivity contribution is 5.49. The lowest BCUT2D eigenvalue weighted by Gasteiger charge is -2.27. The van der Waals surface area contributed by atoms with Gasteiger partial charge in [0.15, 0.2) is 23.3 Å². The van der Waals surface area contributed by atoms with Gasteiger partial charge in [0, 0.05) is 37.0 Å². The van der Waals surface area contributed by atoms with Crippen LogP contribution in [0.5, 0.6) is 0 Å². The van der Waals surface area contributed by atoms with Crippen molar-refractivity contribution in [3.05, 3.63) is 81.2 Å². The predicted molar refractivity (Wildman–Crippen MR) is 92.2 cm³/mol. The van der Waals surface area contributed by atoms with E-state index in [1.807, 2.05) is 4.90 Å². The Morgan fingerprint density at radius 3 is 2.74 bits per heavy atom. The fourth-order valence-electron chi connectivity index (χ4n) is 3.18. The molecule has 5 nitrogen and oxygen atoms in total.